The van der Waals surface area contributed by atoms with Gasteiger partial charge in [-0.1, -0.05) is 20.8 Å². The lowest BCUT2D eigenvalue weighted by Gasteiger charge is -2.21. The predicted molar refractivity (Wildman–Crippen MR) is 74.2 cm³/mol. The van der Waals surface area contributed by atoms with Crippen molar-refractivity contribution in [1.29, 1.82) is 0 Å². The lowest BCUT2D eigenvalue weighted by atomic mass is 9.84. The molecule has 0 aliphatic rings. The van der Waals surface area contributed by atoms with E-state index in [1.165, 1.54) is 16.9 Å². The molecule has 2 heteroatoms. The Kier molecular flexibility index (Phi) is 4.19. The first-order chi connectivity index (χ1) is 7.24. The fraction of sp³-hybridized carbons (Fsp3) is 0.714. The second kappa shape index (κ2) is 4.89. The van der Waals surface area contributed by atoms with Gasteiger partial charge in [0, 0.05) is 17.0 Å². The second-order valence-electron chi connectivity index (χ2n) is 6.14. The van der Waals surface area contributed by atoms with E-state index in [-0.39, 0.29) is 5.54 Å². The molecule has 0 aliphatic heterocycles. The maximum Gasteiger partial charge on any atom is 0.0304 e. The van der Waals surface area contributed by atoms with Crippen molar-refractivity contribution in [2.24, 2.45) is 0 Å². The molecule has 0 unspecified atom stereocenters. The van der Waals surface area contributed by atoms with Crippen LogP contribution in [0.5, 0.6) is 0 Å². The Bertz CT molecular complexity index is 331. The first-order valence-electron chi connectivity index (χ1n) is 6.07. The molecule has 1 aromatic rings. The fourth-order valence-electron chi connectivity index (χ4n) is 1.38. The van der Waals surface area contributed by atoms with E-state index >= 15 is 0 Å². The zero-order valence-electron chi connectivity index (χ0n) is 11.5. The van der Waals surface area contributed by atoms with Gasteiger partial charge in [0.1, 0.15) is 0 Å². The summed E-state index contributed by atoms with van der Waals surface area (Å²) in [6, 6.07) is 2.35. The summed E-state index contributed by atoms with van der Waals surface area (Å²) in [6.07, 6.45) is 1.19. The molecule has 1 rings (SSSR count). The predicted octanol–water partition coefficient (Wildman–Crippen LogP) is 4.32. The van der Waals surface area contributed by atoms with Crippen LogP contribution in [0.15, 0.2) is 11.4 Å². The average molecular weight is 239 g/mol. The Labute approximate surface area is 104 Å². The summed E-state index contributed by atoms with van der Waals surface area (Å²) in [4.78, 5) is 1.44. The quantitative estimate of drug-likeness (QED) is 0.825. The van der Waals surface area contributed by atoms with Gasteiger partial charge in [-0.2, -0.15) is 0 Å². The SMILES string of the molecule is CCC(C)(C)c1csc(CNC(C)(C)C)c1. The van der Waals surface area contributed by atoms with Crippen molar-refractivity contribution in [2.45, 2.75) is 65.5 Å². The Morgan fingerprint density at radius 1 is 1.19 bits per heavy atom. The maximum atomic E-state index is 3.53. The summed E-state index contributed by atoms with van der Waals surface area (Å²) in [5.74, 6) is 0. The zero-order valence-corrected chi connectivity index (χ0v) is 12.3. The van der Waals surface area contributed by atoms with Gasteiger partial charge >= 0.3 is 0 Å². The third-order valence-corrected chi connectivity index (χ3v) is 4.05. The molecule has 1 aromatic heterocycles. The average Bonchev–Trinajstić information content (AvgIpc) is 2.62. The third kappa shape index (κ3) is 3.91. The third-order valence-electron chi connectivity index (χ3n) is 3.11. The van der Waals surface area contributed by atoms with Gasteiger partial charge in [-0.3, -0.25) is 0 Å². The molecule has 0 bridgehead atoms. The molecule has 0 radical (unpaired) electrons. The highest BCUT2D eigenvalue weighted by atomic mass is 32.1. The molecule has 0 amide bonds. The first-order valence-corrected chi connectivity index (χ1v) is 6.95. The van der Waals surface area contributed by atoms with Gasteiger partial charge < -0.3 is 5.32 Å². The van der Waals surface area contributed by atoms with Crippen molar-refractivity contribution in [2.75, 3.05) is 0 Å². The van der Waals surface area contributed by atoms with Gasteiger partial charge in [0.2, 0.25) is 0 Å². The van der Waals surface area contributed by atoms with E-state index in [1.807, 2.05) is 11.3 Å². The minimum absolute atomic E-state index is 0.199. The molecule has 0 atom stereocenters. The van der Waals surface area contributed by atoms with E-state index in [0.717, 1.165) is 6.54 Å². The Morgan fingerprint density at radius 3 is 2.31 bits per heavy atom. The minimum Gasteiger partial charge on any atom is -0.307 e. The monoisotopic (exact) mass is 239 g/mol. The van der Waals surface area contributed by atoms with E-state index in [0.29, 0.717) is 5.41 Å². The number of thiophene rings is 1. The normalized spacial score (nSPS) is 13.1. The first kappa shape index (κ1) is 13.7. The summed E-state index contributed by atoms with van der Waals surface area (Å²) in [7, 11) is 0. The van der Waals surface area contributed by atoms with E-state index in [2.05, 4.69) is 58.3 Å². The number of hydrogen-bond donors (Lipinski definition) is 1. The number of rotatable bonds is 4. The molecule has 1 nitrogen and oxygen atoms in total. The lowest BCUT2D eigenvalue weighted by molar-refractivity contribution is 0.426. The van der Waals surface area contributed by atoms with Gasteiger partial charge in [0.05, 0.1) is 0 Å². The van der Waals surface area contributed by atoms with Crippen molar-refractivity contribution in [3.63, 3.8) is 0 Å². The molecule has 0 fully saturated rings. The van der Waals surface area contributed by atoms with Crippen molar-refractivity contribution < 1.29 is 0 Å². The van der Waals surface area contributed by atoms with E-state index in [1.54, 1.807) is 0 Å². The van der Waals surface area contributed by atoms with Gasteiger partial charge in [0.15, 0.2) is 0 Å². The highest BCUT2D eigenvalue weighted by Gasteiger charge is 2.19. The van der Waals surface area contributed by atoms with Crippen LogP contribution < -0.4 is 5.32 Å². The van der Waals surface area contributed by atoms with E-state index < -0.39 is 0 Å². The largest absolute Gasteiger partial charge is 0.307 e. The standard InChI is InChI=1S/C14H25NS/c1-7-14(5,6)11-8-12(16-10-11)9-15-13(2,3)4/h8,10,15H,7,9H2,1-6H3. The Morgan fingerprint density at radius 2 is 1.81 bits per heavy atom. The highest BCUT2D eigenvalue weighted by Crippen LogP contribution is 2.30. The lowest BCUT2D eigenvalue weighted by Crippen LogP contribution is -2.34. The molecule has 0 aromatic carbocycles. The smallest absolute Gasteiger partial charge is 0.0304 e. The van der Waals surface area contributed by atoms with E-state index in [4.69, 9.17) is 0 Å². The molecular formula is C14H25NS. The van der Waals surface area contributed by atoms with Crippen molar-refractivity contribution >= 4 is 11.3 Å². The molecule has 1 N–H and O–H groups in total. The van der Waals surface area contributed by atoms with Gasteiger partial charge in [-0.25, -0.2) is 0 Å². The van der Waals surface area contributed by atoms with Crippen LogP contribution in [-0.4, -0.2) is 5.54 Å². The summed E-state index contributed by atoms with van der Waals surface area (Å²) in [5.41, 5.74) is 1.99. The second-order valence-corrected chi connectivity index (χ2v) is 7.14. The molecule has 0 saturated carbocycles. The van der Waals surface area contributed by atoms with Gasteiger partial charge in [-0.05, 0) is 49.6 Å². The van der Waals surface area contributed by atoms with Crippen LogP contribution >= 0.6 is 11.3 Å². The number of nitrogens with one attached hydrogen (secondary N) is 1. The molecule has 16 heavy (non-hydrogen) atoms. The van der Waals surface area contributed by atoms with Crippen molar-refractivity contribution in [3.05, 3.63) is 21.9 Å². The molecule has 92 valence electrons. The molecule has 1 heterocycles. The Balaban J connectivity index is 2.66. The summed E-state index contributed by atoms with van der Waals surface area (Å²) in [5, 5.41) is 5.84. The zero-order chi connectivity index (χ0) is 12.4. The maximum absolute atomic E-state index is 3.53. The van der Waals surface area contributed by atoms with E-state index in [9.17, 15) is 0 Å². The van der Waals surface area contributed by atoms with Gasteiger partial charge in [-0.15, -0.1) is 11.3 Å². The van der Waals surface area contributed by atoms with Crippen LogP contribution in [0.4, 0.5) is 0 Å². The van der Waals surface area contributed by atoms with Gasteiger partial charge in [0.25, 0.3) is 0 Å². The molecular weight excluding hydrogens is 214 g/mol. The molecule has 0 saturated heterocycles. The van der Waals surface area contributed by atoms with Crippen LogP contribution in [-0.2, 0) is 12.0 Å². The van der Waals surface area contributed by atoms with Crippen LogP contribution in [0.25, 0.3) is 0 Å². The van der Waals surface area contributed by atoms with Crippen LogP contribution in [0, 0.1) is 0 Å². The van der Waals surface area contributed by atoms with Crippen LogP contribution in [0.2, 0.25) is 0 Å². The fourth-order valence-corrected chi connectivity index (χ4v) is 2.40. The molecule has 0 aliphatic carbocycles. The van der Waals surface area contributed by atoms with Crippen LogP contribution in [0.1, 0.15) is 58.4 Å². The summed E-state index contributed by atoms with van der Waals surface area (Å²) >= 11 is 1.87. The number of hydrogen-bond acceptors (Lipinski definition) is 2. The minimum atomic E-state index is 0.199. The van der Waals surface area contributed by atoms with Crippen LogP contribution in [0.3, 0.4) is 0 Å². The molecule has 0 spiro atoms. The topological polar surface area (TPSA) is 12.0 Å². The Hall–Kier alpha value is -0.340. The van der Waals surface area contributed by atoms with Crippen molar-refractivity contribution in [1.82, 2.24) is 5.32 Å². The summed E-state index contributed by atoms with van der Waals surface area (Å²) in [6.45, 7) is 14.5. The highest BCUT2D eigenvalue weighted by molar-refractivity contribution is 7.10. The van der Waals surface area contributed by atoms with Crippen molar-refractivity contribution in [3.8, 4) is 0 Å². The summed E-state index contributed by atoms with van der Waals surface area (Å²) < 4.78 is 0.